The van der Waals surface area contributed by atoms with Crippen LogP contribution in [0.5, 0.6) is 0 Å². The van der Waals surface area contributed by atoms with Gasteiger partial charge in [-0.1, -0.05) is 24.3 Å². The van der Waals surface area contributed by atoms with Gasteiger partial charge in [0.05, 0.1) is 12.1 Å². The fourth-order valence-corrected chi connectivity index (χ4v) is 2.47. The summed E-state index contributed by atoms with van der Waals surface area (Å²) in [6, 6.07) is 12.5. The molecule has 2 rings (SSSR count). The second-order valence-electron chi connectivity index (χ2n) is 5.92. The van der Waals surface area contributed by atoms with Crippen LogP contribution in [0.15, 0.2) is 48.5 Å². The van der Waals surface area contributed by atoms with E-state index in [1.54, 1.807) is 25.1 Å². The maximum atomic E-state index is 13.3. The van der Waals surface area contributed by atoms with Crippen molar-refractivity contribution in [2.75, 3.05) is 5.32 Å². The molecular formula is C19H22FN3O2. The van der Waals surface area contributed by atoms with E-state index in [1.807, 2.05) is 25.1 Å². The summed E-state index contributed by atoms with van der Waals surface area (Å²) in [5.41, 5.74) is 2.22. The number of urea groups is 1. The van der Waals surface area contributed by atoms with Crippen LogP contribution >= 0.6 is 0 Å². The molecule has 0 aliphatic heterocycles. The Bertz CT molecular complexity index is 764. The number of amides is 3. The lowest BCUT2D eigenvalue weighted by atomic mass is 10.1. The molecule has 3 N–H and O–H groups in total. The molecule has 0 aliphatic carbocycles. The Kier molecular flexibility index (Phi) is 6.11. The zero-order valence-electron chi connectivity index (χ0n) is 14.5. The van der Waals surface area contributed by atoms with Crippen molar-refractivity contribution in [3.8, 4) is 0 Å². The molecule has 0 bridgehead atoms. The summed E-state index contributed by atoms with van der Waals surface area (Å²) in [4.78, 5) is 23.3. The molecule has 2 aromatic carbocycles. The van der Waals surface area contributed by atoms with Gasteiger partial charge in [0, 0.05) is 12.6 Å². The Labute approximate surface area is 146 Å². The van der Waals surface area contributed by atoms with Gasteiger partial charge in [0.1, 0.15) is 5.82 Å². The lowest BCUT2D eigenvalue weighted by Crippen LogP contribution is -2.38. The van der Waals surface area contributed by atoms with Crippen molar-refractivity contribution >= 4 is 17.6 Å². The number of carbonyl (C=O) groups is 2. The van der Waals surface area contributed by atoms with E-state index >= 15 is 0 Å². The zero-order chi connectivity index (χ0) is 18.4. The van der Waals surface area contributed by atoms with Crippen molar-refractivity contribution < 1.29 is 14.0 Å². The van der Waals surface area contributed by atoms with E-state index in [-0.39, 0.29) is 29.8 Å². The molecule has 0 radical (unpaired) electrons. The van der Waals surface area contributed by atoms with E-state index < -0.39 is 0 Å². The highest BCUT2D eigenvalue weighted by atomic mass is 19.1. The number of anilines is 1. The molecule has 0 fully saturated rings. The maximum Gasteiger partial charge on any atom is 0.315 e. The van der Waals surface area contributed by atoms with Crippen molar-refractivity contribution in [3.05, 3.63) is 65.5 Å². The Morgan fingerprint density at radius 2 is 1.48 bits per heavy atom. The van der Waals surface area contributed by atoms with Gasteiger partial charge in [-0.05, 0) is 49.2 Å². The number of carbonyl (C=O) groups excluding carboxylic acids is 2. The van der Waals surface area contributed by atoms with E-state index in [2.05, 4.69) is 16.0 Å². The van der Waals surface area contributed by atoms with Gasteiger partial charge < -0.3 is 16.0 Å². The third-order valence-electron chi connectivity index (χ3n) is 3.75. The van der Waals surface area contributed by atoms with Gasteiger partial charge in [-0.15, -0.1) is 0 Å². The first-order valence-corrected chi connectivity index (χ1v) is 8.05. The van der Waals surface area contributed by atoms with E-state index in [0.717, 1.165) is 5.56 Å². The van der Waals surface area contributed by atoms with Gasteiger partial charge in [-0.25, -0.2) is 9.18 Å². The smallest absolute Gasteiger partial charge is 0.315 e. The lowest BCUT2D eigenvalue weighted by molar-refractivity contribution is -0.114. The topological polar surface area (TPSA) is 70.2 Å². The molecule has 132 valence electrons. The minimum atomic E-state index is -0.353. The van der Waals surface area contributed by atoms with Gasteiger partial charge >= 0.3 is 6.03 Å². The number of rotatable bonds is 5. The first-order valence-electron chi connectivity index (χ1n) is 8.05. The van der Waals surface area contributed by atoms with Crippen LogP contribution in [0.3, 0.4) is 0 Å². The molecule has 0 aromatic heterocycles. The third kappa shape index (κ3) is 5.60. The SMILES string of the molecule is CC(=O)Nc1cccc([C@H](C)NC(=O)N[C@@H](C)c2cccc(F)c2)c1. The molecule has 0 aliphatic rings. The van der Waals surface area contributed by atoms with Crippen molar-refractivity contribution in [3.63, 3.8) is 0 Å². The summed E-state index contributed by atoms with van der Waals surface area (Å²) in [5.74, 6) is -0.492. The summed E-state index contributed by atoms with van der Waals surface area (Å²) >= 11 is 0. The lowest BCUT2D eigenvalue weighted by Gasteiger charge is -2.19. The summed E-state index contributed by atoms with van der Waals surface area (Å²) in [6.07, 6.45) is 0. The van der Waals surface area contributed by atoms with Crippen LogP contribution in [0.25, 0.3) is 0 Å². The van der Waals surface area contributed by atoms with Crippen molar-refractivity contribution in [2.45, 2.75) is 32.9 Å². The van der Waals surface area contributed by atoms with Crippen LogP contribution in [0, 0.1) is 5.82 Å². The van der Waals surface area contributed by atoms with Gasteiger partial charge in [0.15, 0.2) is 0 Å². The molecule has 5 nitrogen and oxygen atoms in total. The summed E-state index contributed by atoms with van der Waals surface area (Å²) in [7, 11) is 0. The number of benzene rings is 2. The summed E-state index contributed by atoms with van der Waals surface area (Å²) in [5, 5.41) is 8.33. The van der Waals surface area contributed by atoms with Gasteiger partial charge in [0.2, 0.25) is 5.91 Å². The number of hydrogen-bond donors (Lipinski definition) is 3. The van der Waals surface area contributed by atoms with E-state index in [4.69, 9.17) is 0 Å². The Morgan fingerprint density at radius 1 is 0.920 bits per heavy atom. The first kappa shape index (κ1) is 18.4. The van der Waals surface area contributed by atoms with Crippen LogP contribution < -0.4 is 16.0 Å². The van der Waals surface area contributed by atoms with Crippen LogP contribution in [0.1, 0.15) is 44.0 Å². The van der Waals surface area contributed by atoms with Gasteiger partial charge in [-0.2, -0.15) is 0 Å². The highest BCUT2D eigenvalue weighted by Gasteiger charge is 2.13. The van der Waals surface area contributed by atoms with Crippen LogP contribution in [-0.4, -0.2) is 11.9 Å². The van der Waals surface area contributed by atoms with Crippen LogP contribution in [-0.2, 0) is 4.79 Å². The molecule has 0 unspecified atom stereocenters. The third-order valence-corrected chi connectivity index (χ3v) is 3.75. The Morgan fingerprint density at radius 3 is 2.04 bits per heavy atom. The second-order valence-corrected chi connectivity index (χ2v) is 5.92. The van der Waals surface area contributed by atoms with Crippen molar-refractivity contribution in [1.82, 2.24) is 10.6 Å². The van der Waals surface area contributed by atoms with Crippen LogP contribution in [0.4, 0.5) is 14.9 Å². The average Bonchev–Trinajstić information content (AvgIpc) is 2.54. The number of halogens is 1. The number of nitrogens with one attached hydrogen (secondary N) is 3. The predicted octanol–water partition coefficient (Wildman–Crippen LogP) is 3.91. The molecule has 2 atom stereocenters. The summed E-state index contributed by atoms with van der Waals surface area (Å²) in [6.45, 7) is 5.07. The van der Waals surface area contributed by atoms with Crippen LogP contribution in [0.2, 0.25) is 0 Å². The summed E-state index contributed by atoms with van der Waals surface area (Å²) < 4.78 is 13.3. The average molecular weight is 343 g/mol. The van der Waals surface area contributed by atoms with Gasteiger partial charge in [0.25, 0.3) is 0 Å². The first-order chi connectivity index (χ1) is 11.8. The monoisotopic (exact) mass is 343 g/mol. The van der Waals surface area contributed by atoms with Gasteiger partial charge in [-0.3, -0.25) is 4.79 Å². The van der Waals surface area contributed by atoms with Crippen molar-refractivity contribution in [2.24, 2.45) is 0 Å². The fourth-order valence-electron chi connectivity index (χ4n) is 2.47. The molecule has 2 aromatic rings. The molecule has 0 saturated carbocycles. The molecular weight excluding hydrogens is 321 g/mol. The Balaban J connectivity index is 1.96. The molecule has 25 heavy (non-hydrogen) atoms. The molecule has 0 saturated heterocycles. The molecule has 0 spiro atoms. The highest BCUT2D eigenvalue weighted by Crippen LogP contribution is 2.18. The quantitative estimate of drug-likeness (QED) is 0.770. The Hall–Kier alpha value is -2.89. The molecule has 3 amide bonds. The van der Waals surface area contributed by atoms with E-state index in [9.17, 15) is 14.0 Å². The maximum absolute atomic E-state index is 13.3. The van der Waals surface area contributed by atoms with E-state index in [0.29, 0.717) is 11.3 Å². The minimum absolute atomic E-state index is 0.153. The second kappa shape index (κ2) is 8.28. The standard InChI is InChI=1S/C19H22FN3O2/c1-12(15-6-4-8-17(20)10-15)21-19(25)22-13(2)16-7-5-9-18(11-16)23-14(3)24/h4-13H,1-3H3,(H,23,24)(H2,21,22,25)/t12-,13-/m0/s1. The molecule has 0 heterocycles. The highest BCUT2D eigenvalue weighted by molar-refractivity contribution is 5.88. The normalized spacial score (nSPS) is 12.8. The number of hydrogen-bond acceptors (Lipinski definition) is 2. The minimum Gasteiger partial charge on any atom is -0.332 e. The fraction of sp³-hybridized carbons (Fsp3) is 0.263. The van der Waals surface area contributed by atoms with E-state index in [1.165, 1.54) is 19.1 Å². The largest absolute Gasteiger partial charge is 0.332 e. The van der Waals surface area contributed by atoms with Crippen molar-refractivity contribution in [1.29, 1.82) is 0 Å². The zero-order valence-corrected chi connectivity index (χ0v) is 14.5. The predicted molar refractivity (Wildman–Crippen MR) is 95.6 cm³/mol. The molecule has 6 heteroatoms.